The molecule has 0 aliphatic heterocycles. The van der Waals surface area contributed by atoms with Crippen molar-refractivity contribution >= 4 is 17.7 Å². The Morgan fingerprint density at radius 1 is 1.18 bits per heavy atom. The minimum Gasteiger partial charge on any atom is -0.426 e. The van der Waals surface area contributed by atoms with E-state index in [1.807, 2.05) is 0 Å². The Balaban J connectivity index is 1.85. The highest BCUT2D eigenvalue weighted by Gasteiger charge is 2.28. The highest BCUT2D eigenvalue weighted by molar-refractivity contribution is 5.95. The van der Waals surface area contributed by atoms with E-state index >= 15 is 0 Å². The smallest absolute Gasteiger partial charge is 0.314 e. The number of ether oxygens (including phenoxy) is 1. The predicted molar refractivity (Wildman–Crippen MR) is 82.7 cm³/mol. The van der Waals surface area contributed by atoms with Crippen LogP contribution >= 0.6 is 0 Å². The largest absolute Gasteiger partial charge is 0.426 e. The van der Waals surface area contributed by atoms with Gasteiger partial charge in [0.15, 0.2) is 0 Å². The summed E-state index contributed by atoms with van der Waals surface area (Å²) in [5, 5.41) is 10.2. The summed E-state index contributed by atoms with van der Waals surface area (Å²) in [5.74, 6) is 0.0408. The quantitative estimate of drug-likeness (QED) is 0.340. The second-order valence-corrected chi connectivity index (χ2v) is 5.61. The molecule has 0 unspecified atom stereocenters. The molecule has 1 saturated carbocycles. The minimum atomic E-state index is -0.239. The third kappa shape index (κ3) is 4.31. The van der Waals surface area contributed by atoms with Gasteiger partial charge in [-0.3, -0.25) is 15.0 Å². The number of hydrogen-bond donors (Lipinski definition) is 3. The van der Waals surface area contributed by atoms with Crippen LogP contribution in [0.5, 0.6) is 5.75 Å². The maximum absolute atomic E-state index is 12.1. The number of nitrogens with two attached hydrogens (primary N) is 1. The van der Waals surface area contributed by atoms with E-state index in [2.05, 4.69) is 5.32 Å². The van der Waals surface area contributed by atoms with Crippen LogP contribution in [0.4, 0.5) is 0 Å². The summed E-state index contributed by atoms with van der Waals surface area (Å²) in [6.07, 6.45) is 3.02. The number of amidine groups is 1. The number of amides is 1. The molecule has 22 heavy (non-hydrogen) atoms. The van der Waals surface area contributed by atoms with E-state index in [1.54, 1.807) is 24.3 Å². The summed E-state index contributed by atoms with van der Waals surface area (Å²) in [6, 6.07) is 6.74. The minimum absolute atomic E-state index is 0.0193. The average Bonchev–Trinajstić information content (AvgIpc) is 2.48. The van der Waals surface area contributed by atoms with Gasteiger partial charge in [0.25, 0.3) is 0 Å². The van der Waals surface area contributed by atoms with Gasteiger partial charge in [0.1, 0.15) is 11.6 Å². The summed E-state index contributed by atoms with van der Waals surface area (Å²) in [7, 11) is 0. The molecule has 4 N–H and O–H groups in total. The Morgan fingerprint density at radius 2 is 1.77 bits per heavy atom. The van der Waals surface area contributed by atoms with Crippen LogP contribution in [0.15, 0.2) is 24.3 Å². The first kappa shape index (κ1) is 16.0. The molecule has 1 aliphatic rings. The van der Waals surface area contributed by atoms with Crippen molar-refractivity contribution in [3.05, 3.63) is 29.8 Å². The van der Waals surface area contributed by atoms with Crippen molar-refractivity contribution in [1.29, 1.82) is 5.41 Å². The van der Waals surface area contributed by atoms with E-state index < -0.39 is 0 Å². The van der Waals surface area contributed by atoms with Crippen LogP contribution in [0.2, 0.25) is 0 Å². The lowest BCUT2D eigenvalue weighted by atomic mass is 9.86. The van der Waals surface area contributed by atoms with Gasteiger partial charge in [-0.05, 0) is 49.9 Å². The van der Waals surface area contributed by atoms with Crippen molar-refractivity contribution < 1.29 is 14.3 Å². The topological polar surface area (TPSA) is 105 Å². The van der Waals surface area contributed by atoms with E-state index in [1.165, 1.54) is 6.92 Å². The van der Waals surface area contributed by atoms with Gasteiger partial charge < -0.3 is 15.8 Å². The molecule has 1 fully saturated rings. The standard InChI is InChI=1S/C16H21N3O3/c1-10(20)19-13-6-2-12(3-7-13)16(21)22-14-8-4-11(5-9-14)15(17)18/h4-5,8-9,12-13H,2-3,6-7H2,1H3,(H3,17,18)(H,19,20). The lowest BCUT2D eigenvalue weighted by Crippen LogP contribution is -2.38. The predicted octanol–water partition coefficient (Wildman–Crippen LogP) is 1.57. The van der Waals surface area contributed by atoms with Crippen molar-refractivity contribution in [2.45, 2.75) is 38.6 Å². The Labute approximate surface area is 129 Å². The molecule has 0 saturated heterocycles. The number of rotatable bonds is 4. The lowest BCUT2D eigenvalue weighted by Gasteiger charge is -2.27. The zero-order valence-electron chi connectivity index (χ0n) is 12.6. The molecule has 0 bridgehead atoms. The number of carbonyl (C=O) groups excluding carboxylic acids is 2. The van der Waals surface area contributed by atoms with E-state index in [0.29, 0.717) is 11.3 Å². The van der Waals surface area contributed by atoms with Gasteiger partial charge in [-0.2, -0.15) is 0 Å². The van der Waals surface area contributed by atoms with Gasteiger partial charge in [0.05, 0.1) is 5.92 Å². The van der Waals surface area contributed by atoms with Crippen molar-refractivity contribution in [2.24, 2.45) is 11.7 Å². The highest BCUT2D eigenvalue weighted by atomic mass is 16.5. The Kier molecular flexibility index (Phi) is 5.14. The molecule has 0 aromatic heterocycles. The molecule has 6 nitrogen and oxygen atoms in total. The molecule has 6 heteroatoms. The van der Waals surface area contributed by atoms with Crippen LogP contribution in [-0.2, 0) is 9.59 Å². The highest BCUT2D eigenvalue weighted by Crippen LogP contribution is 2.26. The third-order valence-electron chi connectivity index (χ3n) is 3.85. The molecule has 0 radical (unpaired) electrons. The van der Waals surface area contributed by atoms with Crippen molar-refractivity contribution in [3.8, 4) is 5.75 Å². The fourth-order valence-electron chi connectivity index (χ4n) is 2.66. The van der Waals surface area contributed by atoms with Crippen molar-refractivity contribution in [1.82, 2.24) is 5.32 Å². The van der Waals surface area contributed by atoms with Gasteiger partial charge >= 0.3 is 5.97 Å². The number of nitrogen functional groups attached to an aromatic ring is 1. The number of hydrogen-bond acceptors (Lipinski definition) is 4. The second-order valence-electron chi connectivity index (χ2n) is 5.61. The molecule has 1 aromatic rings. The maximum atomic E-state index is 12.1. The normalized spacial score (nSPS) is 21.0. The third-order valence-corrected chi connectivity index (χ3v) is 3.85. The lowest BCUT2D eigenvalue weighted by molar-refractivity contribution is -0.140. The van der Waals surface area contributed by atoms with Crippen LogP contribution in [0.3, 0.4) is 0 Å². The van der Waals surface area contributed by atoms with Gasteiger partial charge in [-0.1, -0.05) is 0 Å². The van der Waals surface area contributed by atoms with Gasteiger partial charge in [0, 0.05) is 18.5 Å². The zero-order valence-corrected chi connectivity index (χ0v) is 12.6. The average molecular weight is 303 g/mol. The zero-order chi connectivity index (χ0) is 16.1. The van der Waals surface area contributed by atoms with Crippen molar-refractivity contribution in [2.75, 3.05) is 0 Å². The van der Waals surface area contributed by atoms with Gasteiger partial charge in [-0.25, -0.2) is 0 Å². The van der Waals surface area contributed by atoms with Crippen molar-refractivity contribution in [3.63, 3.8) is 0 Å². The van der Waals surface area contributed by atoms with Crippen LogP contribution in [0.1, 0.15) is 38.2 Å². The van der Waals surface area contributed by atoms with E-state index in [0.717, 1.165) is 25.7 Å². The van der Waals surface area contributed by atoms with E-state index in [9.17, 15) is 9.59 Å². The first-order valence-corrected chi connectivity index (χ1v) is 7.39. The first-order chi connectivity index (χ1) is 10.5. The van der Waals surface area contributed by atoms with Crippen LogP contribution in [0, 0.1) is 11.3 Å². The molecular formula is C16H21N3O3. The second kappa shape index (κ2) is 7.06. The molecule has 1 amide bonds. The Morgan fingerprint density at radius 3 is 2.27 bits per heavy atom. The fraction of sp³-hybridized carbons (Fsp3) is 0.438. The Bertz CT molecular complexity index is 561. The molecule has 0 heterocycles. The molecule has 118 valence electrons. The molecule has 1 aliphatic carbocycles. The molecule has 2 rings (SSSR count). The summed E-state index contributed by atoms with van der Waals surface area (Å²) < 4.78 is 5.37. The monoisotopic (exact) mass is 303 g/mol. The molecule has 0 spiro atoms. The molecule has 1 aromatic carbocycles. The van der Waals surface area contributed by atoms with Gasteiger partial charge in [0.2, 0.25) is 5.91 Å². The maximum Gasteiger partial charge on any atom is 0.314 e. The van der Waals surface area contributed by atoms with Crippen LogP contribution in [0.25, 0.3) is 0 Å². The number of carbonyl (C=O) groups is 2. The number of nitrogens with one attached hydrogen (secondary N) is 2. The summed E-state index contributed by atoms with van der Waals surface area (Å²) in [6.45, 7) is 1.51. The summed E-state index contributed by atoms with van der Waals surface area (Å²) >= 11 is 0. The Hall–Kier alpha value is -2.37. The SMILES string of the molecule is CC(=O)NC1CCC(C(=O)Oc2ccc(C(=N)N)cc2)CC1. The molecule has 0 atom stereocenters. The number of benzene rings is 1. The van der Waals surface area contributed by atoms with Gasteiger partial charge in [-0.15, -0.1) is 0 Å². The summed E-state index contributed by atoms with van der Waals surface area (Å²) in [4.78, 5) is 23.2. The summed E-state index contributed by atoms with van der Waals surface area (Å²) in [5.41, 5.74) is 5.97. The van der Waals surface area contributed by atoms with E-state index in [4.69, 9.17) is 15.9 Å². The first-order valence-electron chi connectivity index (χ1n) is 7.39. The van der Waals surface area contributed by atoms with E-state index in [-0.39, 0.29) is 29.7 Å². The van der Waals surface area contributed by atoms with Crippen LogP contribution < -0.4 is 15.8 Å². The molecular weight excluding hydrogens is 282 g/mol. The van der Waals surface area contributed by atoms with Crippen LogP contribution in [-0.4, -0.2) is 23.8 Å². The fourth-order valence-corrected chi connectivity index (χ4v) is 2.66. The number of esters is 1.